The second kappa shape index (κ2) is 12.9. The third-order valence-electron chi connectivity index (χ3n) is 6.88. The predicted molar refractivity (Wildman–Crippen MR) is 141 cm³/mol. The Morgan fingerprint density at radius 2 is 1.76 bits per heavy atom. The fraction of sp³-hybridized carbons (Fsp3) is 0.643. The van der Waals surface area contributed by atoms with E-state index in [-0.39, 0.29) is 24.4 Å². The second-order valence-corrected chi connectivity index (χ2v) is 10.9. The van der Waals surface area contributed by atoms with E-state index in [0.29, 0.717) is 12.0 Å². The van der Waals surface area contributed by atoms with Crippen molar-refractivity contribution in [2.24, 2.45) is 5.92 Å². The molecule has 206 valence electrons. The fourth-order valence-corrected chi connectivity index (χ4v) is 4.16. The van der Waals surface area contributed by atoms with E-state index < -0.39 is 35.7 Å². The van der Waals surface area contributed by atoms with E-state index in [1.165, 1.54) is 7.11 Å². The third-order valence-corrected chi connectivity index (χ3v) is 6.88. The van der Waals surface area contributed by atoms with Crippen molar-refractivity contribution in [2.75, 3.05) is 13.7 Å². The number of carbonyl (C=O) groups excluding carboxylic acids is 4. The Balaban J connectivity index is 2.53. The summed E-state index contributed by atoms with van der Waals surface area (Å²) in [7, 11) is 1.25. The minimum absolute atomic E-state index is 0.171. The fourth-order valence-electron chi connectivity index (χ4n) is 4.16. The van der Waals surface area contributed by atoms with Gasteiger partial charge in [-0.3, -0.25) is 14.4 Å². The van der Waals surface area contributed by atoms with E-state index in [0.717, 1.165) is 30.4 Å². The van der Waals surface area contributed by atoms with Crippen molar-refractivity contribution >= 4 is 23.9 Å². The van der Waals surface area contributed by atoms with Crippen LogP contribution in [0.5, 0.6) is 0 Å². The Hall–Kier alpha value is -3.10. The number of esters is 1. The minimum Gasteiger partial charge on any atom is -0.468 e. The molecule has 3 amide bonds. The van der Waals surface area contributed by atoms with Gasteiger partial charge in [0.15, 0.2) is 0 Å². The van der Waals surface area contributed by atoms with Crippen molar-refractivity contribution in [3.8, 4) is 0 Å². The molecule has 3 atom stereocenters. The van der Waals surface area contributed by atoms with Crippen LogP contribution in [0.3, 0.4) is 0 Å². The molecule has 1 aliphatic rings. The van der Waals surface area contributed by atoms with Gasteiger partial charge < -0.3 is 25.0 Å². The molecule has 0 heterocycles. The van der Waals surface area contributed by atoms with Gasteiger partial charge in [-0.15, -0.1) is 0 Å². The Labute approximate surface area is 220 Å². The van der Waals surface area contributed by atoms with Crippen molar-refractivity contribution in [3.63, 3.8) is 0 Å². The first kappa shape index (κ1) is 30.1. The lowest BCUT2D eigenvalue weighted by Crippen LogP contribution is -2.59. The smallest absolute Gasteiger partial charge is 0.408 e. The van der Waals surface area contributed by atoms with Crippen LogP contribution >= 0.6 is 0 Å². The molecule has 0 saturated heterocycles. The zero-order valence-corrected chi connectivity index (χ0v) is 23.5. The van der Waals surface area contributed by atoms with Gasteiger partial charge in [-0.25, -0.2) is 4.79 Å². The van der Waals surface area contributed by atoms with Gasteiger partial charge in [0.2, 0.25) is 11.8 Å². The molecule has 1 aromatic rings. The summed E-state index contributed by atoms with van der Waals surface area (Å²) in [5.74, 6) is -1.62. The van der Waals surface area contributed by atoms with Crippen molar-refractivity contribution in [2.45, 2.75) is 97.9 Å². The van der Waals surface area contributed by atoms with Gasteiger partial charge >= 0.3 is 12.1 Å². The van der Waals surface area contributed by atoms with Crippen molar-refractivity contribution in [1.82, 2.24) is 15.5 Å². The van der Waals surface area contributed by atoms with E-state index in [9.17, 15) is 19.2 Å². The second-order valence-electron chi connectivity index (χ2n) is 10.9. The summed E-state index contributed by atoms with van der Waals surface area (Å²) in [6.07, 6.45) is 2.38. The Morgan fingerprint density at radius 1 is 1.11 bits per heavy atom. The van der Waals surface area contributed by atoms with Crippen molar-refractivity contribution in [1.29, 1.82) is 0 Å². The molecule has 0 bridgehead atoms. The topological polar surface area (TPSA) is 114 Å². The Morgan fingerprint density at radius 3 is 2.24 bits per heavy atom. The van der Waals surface area contributed by atoms with E-state index in [4.69, 9.17) is 4.74 Å². The van der Waals surface area contributed by atoms with Crippen LogP contribution in [0.25, 0.3) is 0 Å². The first-order chi connectivity index (χ1) is 17.3. The highest BCUT2D eigenvalue weighted by molar-refractivity contribution is 5.93. The average molecular weight is 518 g/mol. The number of alkyl carbamates (subject to hydrolysis) is 1. The standard InChI is InChI=1S/C28H43N3O6/c1-9-17(2)23(30-27(35)37-28(5,6)7)26(34)31(21-11-10-12-21)24(25(33)29-16-22(32)36-8)20-14-13-18(3)19(4)15-20/h13-15,17,21,23-24H,9-12,16H2,1-8H3,(H,29,33)(H,30,35). The van der Waals surface area contributed by atoms with Gasteiger partial charge in [0.05, 0.1) is 7.11 Å². The first-order valence-electron chi connectivity index (χ1n) is 13.0. The van der Waals surface area contributed by atoms with Crippen LogP contribution < -0.4 is 10.6 Å². The number of hydrogen-bond donors (Lipinski definition) is 2. The molecule has 37 heavy (non-hydrogen) atoms. The molecule has 9 nitrogen and oxygen atoms in total. The largest absolute Gasteiger partial charge is 0.468 e. The lowest BCUT2D eigenvalue weighted by molar-refractivity contribution is -0.149. The number of benzene rings is 1. The van der Waals surface area contributed by atoms with E-state index in [1.54, 1.807) is 25.7 Å². The lowest BCUT2D eigenvalue weighted by atomic mass is 9.86. The van der Waals surface area contributed by atoms with E-state index in [2.05, 4.69) is 15.4 Å². The van der Waals surface area contributed by atoms with Gasteiger partial charge in [0, 0.05) is 6.04 Å². The van der Waals surface area contributed by atoms with Gasteiger partial charge in [0.1, 0.15) is 24.2 Å². The Bertz CT molecular complexity index is 983. The van der Waals surface area contributed by atoms with Crippen molar-refractivity contribution < 1.29 is 28.7 Å². The summed E-state index contributed by atoms with van der Waals surface area (Å²) in [5, 5.41) is 5.41. The molecule has 1 aliphatic carbocycles. The SMILES string of the molecule is CCC(C)C(NC(=O)OC(C)(C)C)C(=O)N(C1CCC1)C(C(=O)NCC(=O)OC)c1ccc(C)c(C)c1. The quantitative estimate of drug-likeness (QED) is 0.454. The molecule has 9 heteroatoms. The van der Waals surface area contributed by atoms with Crippen LogP contribution in [-0.4, -0.2) is 60.1 Å². The number of carbonyl (C=O) groups is 4. The monoisotopic (exact) mass is 517 g/mol. The van der Waals surface area contributed by atoms with Gasteiger partial charge in [0.25, 0.3) is 0 Å². The number of nitrogens with zero attached hydrogens (tertiary/aromatic N) is 1. The summed E-state index contributed by atoms with van der Waals surface area (Å²) >= 11 is 0. The van der Waals surface area contributed by atoms with Crippen LogP contribution in [0.15, 0.2) is 18.2 Å². The number of amides is 3. The highest BCUT2D eigenvalue weighted by Gasteiger charge is 2.43. The van der Waals surface area contributed by atoms with Gasteiger partial charge in [-0.05, 0) is 76.5 Å². The molecule has 2 rings (SSSR count). The number of nitrogens with one attached hydrogen (secondary N) is 2. The number of aryl methyl sites for hydroxylation is 2. The number of rotatable bonds is 10. The van der Waals surface area contributed by atoms with E-state index >= 15 is 0 Å². The molecule has 0 aromatic heterocycles. The molecular weight excluding hydrogens is 474 g/mol. The summed E-state index contributed by atoms with van der Waals surface area (Å²) in [5.41, 5.74) is 1.96. The highest BCUT2D eigenvalue weighted by Crippen LogP contribution is 2.35. The normalized spacial score (nSPS) is 16.0. The molecule has 1 saturated carbocycles. The molecule has 1 aromatic carbocycles. The highest BCUT2D eigenvalue weighted by atomic mass is 16.6. The summed E-state index contributed by atoms with van der Waals surface area (Å²) in [6, 6.07) is 3.62. The predicted octanol–water partition coefficient (Wildman–Crippen LogP) is 3.95. The molecule has 0 spiro atoms. The molecule has 0 radical (unpaired) electrons. The van der Waals surface area contributed by atoms with Crippen LogP contribution in [0.2, 0.25) is 0 Å². The maximum absolute atomic E-state index is 14.2. The van der Waals surface area contributed by atoms with E-state index in [1.807, 2.05) is 45.9 Å². The van der Waals surface area contributed by atoms with Crippen molar-refractivity contribution in [3.05, 3.63) is 34.9 Å². The summed E-state index contributed by atoms with van der Waals surface area (Å²) in [4.78, 5) is 53.9. The summed E-state index contributed by atoms with van der Waals surface area (Å²) < 4.78 is 10.1. The molecule has 1 fully saturated rings. The average Bonchev–Trinajstić information content (AvgIpc) is 2.79. The summed E-state index contributed by atoms with van der Waals surface area (Å²) in [6.45, 7) is 12.7. The minimum atomic E-state index is -0.978. The van der Waals surface area contributed by atoms with Crippen LogP contribution in [0, 0.1) is 19.8 Å². The first-order valence-corrected chi connectivity index (χ1v) is 13.0. The zero-order chi connectivity index (χ0) is 27.9. The number of methoxy groups -OCH3 is 1. The third kappa shape index (κ3) is 8.20. The number of hydrogen-bond acceptors (Lipinski definition) is 6. The number of ether oxygens (including phenoxy) is 2. The molecular formula is C28H43N3O6. The maximum Gasteiger partial charge on any atom is 0.408 e. The molecule has 2 N–H and O–H groups in total. The van der Waals surface area contributed by atoms with Gasteiger partial charge in [-0.2, -0.15) is 0 Å². The zero-order valence-electron chi connectivity index (χ0n) is 23.5. The molecule has 0 aliphatic heterocycles. The van der Waals surface area contributed by atoms with Gasteiger partial charge in [-0.1, -0.05) is 38.5 Å². The Kier molecular flexibility index (Phi) is 10.5. The van der Waals surface area contributed by atoms with Crippen LogP contribution in [0.1, 0.15) is 83.0 Å². The lowest BCUT2D eigenvalue weighted by Gasteiger charge is -2.44. The molecule has 3 unspecified atom stereocenters. The van der Waals surface area contributed by atoms with Crippen LogP contribution in [0.4, 0.5) is 4.79 Å². The maximum atomic E-state index is 14.2. The van der Waals surface area contributed by atoms with Crippen LogP contribution in [-0.2, 0) is 23.9 Å².